The Hall–Kier alpha value is -3.76. The molecule has 0 saturated heterocycles. The summed E-state index contributed by atoms with van der Waals surface area (Å²) < 4.78 is 43.7. The molecule has 1 aromatic heterocycles. The van der Waals surface area contributed by atoms with Crippen LogP contribution in [0.5, 0.6) is 5.75 Å². The molecule has 0 radical (unpaired) electrons. The Morgan fingerprint density at radius 1 is 1.18 bits per heavy atom. The number of rotatable bonds is 7. The van der Waals surface area contributed by atoms with Gasteiger partial charge in [0.15, 0.2) is 0 Å². The van der Waals surface area contributed by atoms with Crippen LogP contribution in [0.3, 0.4) is 0 Å². The molecule has 1 amide bonds. The second-order valence-corrected chi connectivity index (χ2v) is 10.8. The van der Waals surface area contributed by atoms with E-state index in [1.54, 1.807) is 18.2 Å². The van der Waals surface area contributed by atoms with Crippen LogP contribution in [0.2, 0.25) is 0 Å². The van der Waals surface area contributed by atoms with Crippen LogP contribution >= 0.6 is 0 Å². The second-order valence-electron chi connectivity index (χ2n) is 10.8. The zero-order chi connectivity index (χ0) is 27.8. The monoisotopic (exact) mass is 532 g/mol. The number of ether oxygens (including phenoxy) is 1. The zero-order valence-electron chi connectivity index (χ0n) is 21.7. The number of anilines is 2. The number of amides is 1. The lowest BCUT2D eigenvalue weighted by Gasteiger charge is -2.40. The first kappa shape index (κ1) is 27.3. The maximum absolute atomic E-state index is 12.9. The van der Waals surface area contributed by atoms with Crippen LogP contribution in [0, 0.1) is 11.3 Å². The molecule has 11 heteroatoms. The van der Waals surface area contributed by atoms with Crippen molar-refractivity contribution in [3.8, 4) is 5.75 Å². The van der Waals surface area contributed by atoms with Crippen LogP contribution in [0.1, 0.15) is 56.4 Å². The summed E-state index contributed by atoms with van der Waals surface area (Å²) in [6.07, 6.45) is -1.95. The van der Waals surface area contributed by atoms with E-state index < -0.39 is 24.8 Å². The summed E-state index contributed by atoms with van der Waals surface area (Å²) in [5.74, 6) is -0.909. The van der Waals surface area contributed by atoms with Gasteiger partial charge in [0.2, 0.25) is 5.95 Å². The van der Waals surface area contributed by atoms with E-state index in [1.165, 1.54) is 31.3 Å². The fourth-order valence-corrected chi connectivity index (χ4v) is 5.54. The summed E-state index contributed by atoms with van der Waals surface area (Å²) in [6, 6.07) is 10.5. The number of carbonyl (C=O) groups is 2. The van der Waals surface area contributed by atoms with Crippen LogP contribution in [-0.2, 0) is 4.79 Å². The van der Waals surface area contributed by atoms with Crippen molar-refractivity contribution < 1.29 is 32.6 Å². The van der Waals surface area contributed by atoms with Crippen LogP contribution in [0.25, 0.3) is 11.0 Å². The molecule has 2 aromatic carbocycles. The molecule has 1 saturated carbocycles. The number of likely N-dealkylation sites (N-methyl/N-ethyl adjacent to an activating group) is 1. The fraction of sp³-hybridized carbons (Fsp3) is 0.444. The standard InChI is InChI=1S/C27H31F3N4O4/c1-16-11-19(14-26(2,3)13-16)34-22-12-17(24(37)33(4)15-23(35)36)5-10-21(22)32-25(34)31-18-6-8-20(9-7-18)38-27(28,29)30/h5-10,12,16,19H,11,13-15H2,1-4H3,(H,31,32)(H,35,36)/t16-,19+/m0/s1. The lowest BCUT2D eigenvalue weighted by Crippen LogP contribution is -2.32. The predicted octanol–water partition coefficient (Wildman–Crippen LogP) is 6.22. The van der Waals surface area contributed by atoms with E-state index in [0.29, 0.717) is 34.2 Å². The van der Waals surface area contributed by atoms with Gasteiger partial charge in [0.05, 0.1) is 11.0 Å². The van der Waals surface area contributed by atoms with E-state index in [-0.39, 0.29) is 17.2 Å². The summed E-state index contributed by atoms with van der Waals surface area (Å²) in [5.41, 5.74) is 2.29. The first-order chi connectivity index (χ1) is 17.7. The third-order valence-corrected chi connectivity index (χ3v) is 6.73. The quantitative estimate of drug-likeness (QED) is 0.375. The summed E-state index contributed by atoms with van der Waals surface area (Å²) in [4.78, 5) is 29.9. The zero-order valence-corrected chi connectivity index (χ0v) is 21.7. The highest BCUT2D eigenvalue weighted by Crippen LogP contribution is 2.46. The number of aromatic nitrogens is 2. The average Bonchev–Trinajstić information content (AvgIpc) is 3.14. The topological polar surface area (TPSA) is 96.7 Å². The highest BCUT2D eigenvalue weighted by atomic mass is 19.4. The van der Waals surface area contributed by atoms with E-state index in [1.807, 2.05) is 0 Å². The van der Waals surface area contributed by atoms with Crippen molar-refractivity contribution in [2.45, 2.75) is 52.4 Å². The Labute approximate surface area is 218 Å². The molecule has 2 atom stereocenters. The maximum atomic E-state index is 12.9. The molecule has 1 fully saturated rings. The molecular formula is C27H31F3N4O4. The largest absolute Gasteiger partial charge is 0.573 e. The third kappa shape index (κ3) is 6.38. The van der Waals surface area contributed by atoms with E-state index in [2.05, 4.69) is 35.4 Å². The lowest BCUT2D eigenvalue weighted by molar-refractivity contribution is -0.274. The number of fused-ring (bicyclic) bond motifs is 1. The van der Waals surface area contributed by atoms with Gasteiger partial charge < -0.3 is 24.6 Å². The number of benzene rings is 2. The highest BCUT2D eigenvalue weighted by molar-refractivity contribution is 5.99. The number of alkyl halides is 3. The molecule has 1 aliphatic carbocycles. The van der Waals surface area contributed by atoms with Gasteiger partial charge in [0, 0.05) is 24.3 Å². The molecule has 0 aliphatic heterocycles. The molecule has 1 heterocycles. The van der Waals surface area contributed by atoms with Crippen LogP contribution in [0.15, 0.2) is 42.5 Å². The Morgan fingerprint density at radius 2 is 1.87 bits per heavy atom. The Balaban J connectivity index is 1.74. The van der Waals surface area contributed by atoms with Crippen molar-refractivity contribution in [3.63, 3.8) is 0 Å². The number of nitrogens with zero attached hydrogens (tertiary/aromatic N) is 3. The van der Waals surface area contributed by atoms with Crippen molar-refractivity contribution >= 4 is 34.5 Å². The van der Waals surface area contributed by atoms with Gasteiger partial charge in [-0.15, -0.1) is 13.2 Å². The lowest BCUT2D eigenvalue weighted by atomic mass is 9.70. The van der Waals surface area contributed by atoms with Gasteiger partial charge >= 0.3 is 12.3 Å². The number of nitrogens with one attached hydrogen (secondary N) is 1. The molecule has 38 heavy (non-hydrogen) atoms. The van der Waals surface area contributed by atoms with E-state index in [4.69, 9.17) is 10.1 Å². The molecule has 204 valence electrons. The first-order valence-corrected chi connectivity index (χ1v) is 12.3. The van der Waals surface area contributed by atoms with Crippen molar-refractivity contribution in [1.82, 2.24) is 14.5 Å². The number of carboxylic acids is 1. The third-order valence-electron chi connectivity index (χ3n) is 6.73. The number of carboxylic acid groups (broad SMARTS) is 1. The van der Waals surface area contributed by atoms with E-state index in [0.717, 1.165) is 24.2 Å². The fourth-order valence-electron chi connectivity index (χ4n) is 5.54. The molecule has 0 bridgehead atoms. The van der Waals surface area contributed by atoms with Gasteiger partial charge in [-0.05, 0) is 73.1 Å². The van der Waals surface area contributed by atoms with Gasteiger partial charge in [-0.25, -0.2) is 4.98 Å². The highest BCUT2D eigenvalue weighted by Gasteiger charge is 2.35. The van der Waals surface area contributed by atoms with Gasteiger partial charge in [-0.2, -0.15) is 0 Å². The SMILES string of the molecule is C[C@H]1C[C@@H](n2c(Nc3ccc(OC(F)(F)F)cc3)nc3ccc(C(=O)N(C)CC(=O)O)cc32)CC(C)(C)C1. The number of imidazole rings is 1. The summed E-state index contributed by atoms with van der Waals surface area (Å²) in [7, 11) is 1.43. The predicted molar refractivity (Wildman–Crippen MR) is 137 cm³/mol. The molecule has 4 rings (SSSR count). The summed E-state index contributed by atoms with van der Waals surface area (Å²) in [5, 5.41) is 12.3. The van der Waals surface area contributed by atoms with Crippen molar-refractivity contribution in [3.05, 3.63) is 48.0 Å². The smallest absolute Gasteiger partial charge is 0.480 e. The van der Waals surface area contributed by atoms with Gasteiger partial charge in [0.1, 0.15) is 12.3 Å². The Bertz CT molecular complexity index is 1330. The molecule has 8 nitrogen and oxygen atoms in total. The van der Waals surface area contributed by atoms with E-state index >= 15 is 0 Å². The Morgan fingerprint density at radius 3 is 2.47 bits per heavy atom. The number of halogens is 3. The summed E-state index contributed by atoms with van der Waals surface area (Å²) in [6.45, 7) is 6.22. The van der Waals surface area contributed by atoms with E-state index in [9.17, 15) is 22.8 Å². The van der Waals surface area contributed by atoms with Crippen molar-refractivity contribution in [1.29, 1.82) is 0 Å². The molecular weight excluding hydrogens is 501 g/mol. The normalized spacial score (nSPS) is 19.2. The Kier molecular flexibility index (Phi) is 7.31. The van der Waals surface area contributed by atoms with Crippen LogP contribution < -0.4 is 10.1 Å². The first-order valence-electron chi connectivity index (χ1n) is 12.3. The minimum atomic E-state index is -4.78. The van der Waals surface area contributed by atoms with Crippen LogP contribution in [0.4, 0.5) is 24.8 Å². The minimum Gasteiger partial charge on any atom is -0.480 e. The molecule has 0 unspecified atom stereocenters. The number of aliphatic carboxylic acids is 1. The summed E-state index contributed by atoms with van der Waals surface area (Å²) >= 11 is 0. The molecule has 1 aliphatic rings. The molecule has 0 spiro atoms. The number of carbonyl (C=O) groups excluding carboxylic acids is 1. The van der Waals surface area contributed by atoms with Gasteiger partial charge in [-0.1, -0.05) is 20.8 Å². The number of hydrogen-bond acceptors (Lipinski definition) is 5. The van der Waals surface area contributed by atoms with Crippen LogP contribution in [-0.4, -0.2) is 51.4 Å². The second kappa shape index (κ2) is 10.2. The van der Waals surface area contributed by atoms with Gasteiger partial charge in [-0.3, -0.25) is 9.59 Å². The average molecular weight is 533 g/mol. The molecule has 2 N–H and O–H groups in total. The minimum absolute atomic E-state index is 0.0520. The van der Waals surface area contributed by atoms with Crippen molar-refractivity contribution in [2.75, 3.05) is 18.9 Å². The number of hydrogen-bond donors (Lipinski definition) is 2. The van der Waals surface area contributed by atoms with Crippen molar-refractivity contribution in [2.24, 2.45) is 11.3 Å². The molecule has 3 aromatic rings. The van der Waals surface area contributed by atoms with Gasteiger partial charge in [0.25, 0.3) is 5.91 Å². The maximum Gasteiger partial charge on any atom is 0.573 e.